The zero-order chi connectivity index (χ0) is 15.8. The van der Waals surface area contributed by atoms with Crippen LogP contribution in [0.5, 0.6) is 0 Å². The lowest BCUT2D eigenvalue weighted by molar-refractivity contribution is 0.293. The van der Waals surface area contributed by atoms with Gasteiger partial charge in [0.1, 0.15) is 0 Å². The van der Waals surface area contributed by atoms with E-state index in [9.17, 15) is 0 Å². The van der Waals surface area contributed by atoms with Crippen molar-refractivity contribution in [2.24, 2.45) is 4.99 Å². The van der Waals surface area contributed by atoms with Gasteiger partial charge in [-0.05, 0) is 46.8 Å². The van der Waals surface area contributed by atoms with Crippen molar-refractivity contribution in [2.45, 2.75) is 50.2 Å². The average molecular weight is 327 g/mol. The van der Waals surface area contributed by atoms with Crippen LogP contribution < -0.4 is 5.32 Å². The van der Waals surface area contributed by atoms with Crippen molar-refractivity contribution in [3.63, 3.8) is 0 Å². The minimum absolute atomic E-state index is 0.510. The van der Waals surface area contributed by atoms with Crippen LogP contribution in [0.2, 0.25) is 0 Å². The van der Waals surface area contributed by atoms with Crippen LogP contribution in [0.1, 0.15) is 45.4 Å². The zero-order valence-corrected chi connectivity index (χ0v) is 15.6. The molecule has 1 aliphatic heterocycles. The largest absolute Gasteiger partial charge is 0.357 e. The number of guanidine groups is 1. The SMILES string of the molecule is CCNC(=NCCCN(C)C)N1CCSC2(CCCCC2)C1. The van der Waals surface area contributed by atoms with Crippen molar-refractivity contribution < 1.29 is 0 Å². The first-order chi connectivity index (χ1) is 10.7. The van der Waals surface area contributed by atoms with E-state index in [1.54, 1.807) is 0 Å². The van der Waals surface area contributed by atoms with Gasteiger partial charge >= 0.3 is 0 Å². The Morgan fingerprint density at radius 2 is 2.05 bits per heavy atom. The van der Waals surface area contributed by atoms with Crippen molar-refractivity contribution in [1.29, 1.82) is 0 Å². The average Bonchev–Trinajstić information content (AvgIpc) is 2.51. The molecule has 4 nitrogen and oxygen atoms in total. The highest BCUT2D eigenvalue weighted by Gasteiger charge is 2.38. The summed E-state index contributed by atoms with van der Waals surface area (Å²) in [5, 5.41) is 3.52. The van der Waals surface area contributed by atoms with Gasteiger partial charge < -0.3 is 15.1 Å². The molecule has 0 aromatic carbocycles. The van der Waals surface area contributed by atoms with Gasteiger partial charge in [0.05, 0.1) is 0 Å². The van der Waals surface area contributed by atoms with Crippen LogP contribution in [-0.4, -0.2) is 73.1 Å². The molecule has 1 aliphatic carbocycles. The Hall–Kier alpha value is -0.420. The molecule has 0 unspecified atom stereocenters. The zero-order valence-electron chi connectivity index (χ0n) is 14.7. The summed E-state index contributed by atoms with van der Waals surface area (Å²) in [6.07, 6.45) is 8.19. The van der Waals surface area contributed by atoms with Gasteiger partial charge in [-0.15, -0.1) is 0 Å². The molecule has 0 atom stereocenters. The molecule has 0 radical (unpaired) electrons. The first kappa shape index (κ1) is 17.9. The van der Waals surface area contributed by atoms with E-state index in [2.05, 4.69) is 47.9 Å². The van der Waals surface area contributed by atoms with E-state index in [1.165, 1.54) is 44.4 Å². The first-order valence-electron chi connectivity index (χ1n) is 8.97. The molecule has 1 saturated heterocycles. The molecule has 0 aromatic rings. The van der Waals surface area contributed by atoms with Gasteiger partial charge in [-0.3, -0.25) is 4.99 Å². The van der Waals surface area contributed by atoms with E-state index in [4.69, 9.17) is 4.99 Å². The van der Waals surface area contributed by atoms with Crippen molar-refractivity contribution in [3.05, 3.63) is 0 Å². The molecule has 1 saturated carbocycles. The maximum absolute atomic E-state index is 4.88. The third kappa shape index (κ3) is 5.34. The molecular formula is C17H34N4S. The number of thioether (sulfide) groups is 1. The third-order valence-corrected chi connectivity index (χ3v) is 6.21. The second kappa shape index (κ2) is 9.02. The van der Waals surface area contributed by atoms with Crippen LogP contribution in [-0.2, 0) is 0 Å². The predicted octanol–water partition coefficient (Wildman–Crippen LogP) is 2.66. The Balaban J connectivity index is 1.93. The normalized spacial score (nSPS) is 22.4. The van der Waals surface area contributed by atoms with Crippen LogP contribution in [0.4, 0.5) is 0 Å². The summed E-state index contributed by atoms with van der Waals surface area (Å²) in [6, 6.07) is 0. The summed E-state index contributed by atoms with van der Waals surface area (Å²) in [7, 11) is 4.26. The third-order valence-electron chi connectivity index (χ3n) is 4.67. The van der Waals surface area contributed by atoms with E-state index in [0.29, 0.717) is 4.75 Å². The highest BCUT2D eigenvalue weighted by atomic mass is 32.2. The summed E-state index contributed by atoms with van der Waals surface area (Å²) >= 11 is 2.23. The van der Waals surface area contributed by atoms with Crippen molar-refractivity contribution >= 4 is 17.7 Å². The van der Waals surface area contributed by atoms with Gasteiger partial charge in [-0.25, -0.2) is 0 Å². The fraction of sp³-hybridized carbons (Fsp3) is 0.941. The fourth-order valence-electron chi connectivity index (χ4n) is 3.52. The Bertz CT molecular complexity index is 345. The van der Waals surface area contributed by atoms with Gasteiger partial charge in [0.2, 0.25) is 0 Å². The number of nitrogens with zero attached hydrogens (tertiary/aromatic N) is 3. The van der Waals surface area contributed by atoms with Gasteiger partial charge in [0.25, 0.3) is 0 Å². The van der Waals surface area contributed by atoms with Gasteiger partial charge in [-0.1, -0.05) is 19.3 Å². The second-order valence-corrected chi connectivity index (χ2v) is 8.47. The number of hydrogen-bond acceptors (Lipinski definition) is 3. The number of aliphatic imine (C=N–C) groups is 1. The minimum atomic E-state index is 0.510. The maximum Gasteiger partial charge on any atom is 0.193 e. The topological polar surface area (TPSA) is 30.9 Å². The lowest BCUT2D eigenvalue weighted by Gasteiger charge is -2.45. The van der Waals surface area contributed by atoms with Crippen molar-refractivity contribution in [3.8, 4) is 0 Å². The van der Waals surface area contributed by atoms with Crippen LogP contribution in [0.15, 0.2) is 4.99 Å². The highest BCUT2D eigenvalue weighted by molar-refractivity contribution is 8.00. The van der Waals surface area contributed by atoms with E-state index in [-0.39, 0.29) is 0 Å². The highest BCUT2D eigenvalue weighted by Crippen LogP contribution is 2.42. The monoisotopic (exact) mass is 326 g/mol. The smallest absolute Gasteiger partial charge is 0.193 e. The van der Waals surface area contributed by atoms with E-state index in [0.717, 1.165) is 38.6 Å². The predicted molar refractivity (Wildman–Crippen MR) is 99.0 cm³/mol. The van der Waals surface area contributed by atoms with Crippen LogP contribution >= 0.6 is 11.8 Å². The Kier molecular flexibility index (Phi) is 7.35. The van der Waals surface area contributed by atoms with Crippen LogP contribution in [0, 0.1) is 0 Å². The lowest BCUT2D eigenvalue weighted by atomic mass is 9.87. The summed E-state index contributed by atoms with van der Waals surface area (Å²) in [5.41, 5.74) is 0. The van der Waals surface area contributed by atoms with Crippen molar-refractivity contribution in [1.82, 2.24) is 15.1 Å². The van der Waals surface area contributed by atoms with Gasteiger partial charge in [0.15, 0.2) is 5.96 Å². The molecule has 0 aromatic heterocycles. The van der Waals surface area contributed by atoms with Crippen LogP contribution in [0.3, 0.4) is 0 Å². The summed E-state index contributed by atoms with van der Waals surface area (Å²) in [4.78, 5) is 9.64. The molecule has 0 bridgehead atoms. The van der Waals surface area contributed by atoms with Gasteiger partial charge in [-0.2, -0.15) is 11.8 Å². The van der Waals surface area contributed by atoms with E-state index < -0.39 is 0 Å². The summed E-state index contributed by atoms with van der Waals surface area (Å²) in [6.45, 7) is 7.51. The fourth-order valence-corrected chi connectivity index (χ4v) is 5.09. The molecule has 0 amide bonds. The standard InChI is InChI=1S/C17H34N4S/c1-4-18-16(19-11-8-12-20(2)3)21-13-14-22-17(15-21)9-6-5-7-10-17/h4-15H2,1-3H3,(H,18,19). The molecule has 2 aliphatic rings. The number of nitrogens with one attached hydrogen (secondary N) is 1. The molecule has 22 heavy (non-hydrogen) atoms. The van der Waals surface area contributed by atoms with E-state index >= 15 is 0 Å². The first-order valence-corrected chi connectivity index (χ1v) is 9.96. The minimum Gasteiger partial charge on any atom is -0.357 e. The Morgan fingerprint density at radius 3 is 2.73 bits per heavy atom. The maximum atomic E-state index is 4.88. The molecule has 5 heteroatoms. The molecule has 128 valence electrons. The Morgan fingerprint density at radius 1 is 1.27 bits per heavy atom. The van der Waals surface area contributed by atoms with Crippen molar-refractivity contribution in [2.75, 3.05) is 52.6 Å². The summed E-state index contributed by atoms with van der Waals surface area (Å²) < 4.78 is 0.510. The number of rotatable bonds is 5. The lowest BCUT2D eigenvalue weighted by Crippen LogP contribution is -2.53. The second-order valence-electron chi connectivity index (χ2n) is 6.91. The molecule has 1 N–H and O–H groups in total. The summed E-state index contributed by atoms with van der Waals surface area (Å²) in [5.74, 6) is 2.40. The number of hydrogen-bond donors (Lipinski definition) is 1. The molecule has 1 spiro atoms. The van der Waals surface area contributed by atoms with Crippen LogP contribution in [0.25, 0.3) is 0 Å². The quantitative estimate of drug-likeness (QED) is 0.478. The Labute approximate surface area is 141 Å². The van der Waals surface area contributed by atoms with E-state index in [1.807, 2.05) is 0 Å². The molecule has 1 heterocycles. The molecule has 2 fully saturated rings. The van der Waals surface area contributed by atoms with Gasteiger partial charge in [0, 0.05) is 36.7 Å². The molecule has 2 rings (SSSR count). The molecular weight excluding hydrogens is 292 g/mol.